The number of carbonyl (C=O) groups is 4. The third kappa shape index (κ3) is 9.47. The first-order valence-corrected chi connectivity index (χ1v) is 11.8. The van der Waals surface area contributed by atoms with Crippen LogP contribution in [0.4, 0.5) is 0 Å². The third-order valence-corrected chi connectivity index (χ3v) is 5.56. The Morgan fingerprint density at radius 1 is 0.972 bits per heavy atom. The van der Waals surface area contributed by atoms with Gasteiger partial charge in [-0.1, -0.05) is 30.3 Å². The van der Waals surface area contributed by atoms with Crippen molar-refractivity contribution in [2.24, 2.45) is 11.5 Å². The zero-order chi connectivity index (χ0) is 26.5. The minimum absolute atomic E-state index is 0.0841. The molecule has 0 saturated carbocycles. The number of amides is 3. The fraction of sp³-hybridized carbons (Fsp3) is 0.458. The number of carboxylic acid groups (broad SMARTS) is 1. The van der Waals surface area contributed by atoms with E-state index < -0.39 is 47.9 Å². The summed E-state index contributed by atoms with van der Waals surface area (Å²) in [6.45, 7) is 1.85. The average Bonchev–Trinajstić information content (AvgIpc) is 3.36. The number of aromatic nitrogens is 2. The lowest BCUT2D eigenvalue weighted by Crippen LogP contribution is -2.57. The fourth-order valence-corrected chi connectivity index (χ4v) is 3.49. The normalized spacial score (nSPS) is 14.2. The number of rotatable bonds is 15. The van der Waals surface area contributed by atoms with Crippen molar-refractivity contribution in [3.8, 4) is 0 Å². The molecule has 0 aliphatic rings. The number of aromatic amines is 1. The van der Waals surface area contributed by atoms with Gasteiger partial charge in [-0.05, 0) is 44.7 Å². The lowest BCUT2D eigenvalue weighted by molar-refractivity contribution is -0.142. The summed E-state index contributed by atoms with van der Waals surface area (Å²) in [4.78, 5) is 56.6. The predicted molar refractivity (Wildman–Crippen MR) is 132 cm³/mol. The maximum atomic E-state index is 13.0. The van der Waals surface area contributed by atoms with E-state index in [1.54, 1.807) is 0 Å². The molecule has 4 unspecified atom stereocenters. The molecule has 2 rings (SSSR count). The molecule has 196 valence electrons. The number of nitrogens with two attached hydrogens (primary N) is 2. The summed E-state index contributed by atoms with van der Waals surface area (Å²) in [7, 11) is 0. The van der Waals surface area contributed by atoms with Crippen molar-refractivity contribution in [3.05, 3.63) is 54.1 Å². The Balaban J connectivity index is 2.01. The minimum atomic E-state index is -1.17. The molecule has 0 fully saturated rings. The maximum absolute atomic E-state index is 13.0. The Labute approximate surface area is 209 Å². The van der Waals surface area contributed by atoms with Crippen LogP contribution in [0, 0.1) is 0 Å². The van der Waals surface area contributed by atoms with Crippen LogP contribution in [0.25, 0.3) is 0 Å². The number of aliphatic carboxylic acids is 1. The first-order valence-electron chi connectivity index (χ1n) is 11.8. The molecule has 0 spiro atoms. The predicted octanol–water partition coefficient (Wildman–Crippen LogP) is -0.790. The van der Waals surface area contributed by atoms with Crippen LogP contribution in [0.1, 0.15) is 37.4 Å². The van der Waals surface area contributed by atoms with Crippen LogP contribution >= 0.6 is 0 Å². The number of nitrogens with one attached hydrogen (secondary N) is 4. The van der Waals surface area contributed by atoms with Crippen molar-refractivity contribution in [2.45, 2.75) is 63.2 Å². The summed E-state index contributed by atoms with van der Waals surface area (Å²) >= 11 is 0. The fourth-order valence-electron chi connectivity index (χ4n) is 3.49. The third-order valence-electron chi connectivity index (χ3n) is 5.56. The number of benzene rings is 1. The minimum Gasteiger partial charge on any atom is -0.480 e. The highest BCUT2D eigenvalue weighted by Gasteiger charge is 2.28. The molecule has 9 N–H and O–H groups in total. The Morgan fingerprint density at radius 3 is 2.28 bits per heavy atom. The summed E-state index contributed by atoms with van der Waals surface area (Å²) in [6, 6.07) is 5.15. The molecule has 0 radical (unpaired) electrons. The number of hydrogen-bond acceptors (Lipinski definition) is 7. The second-order valence-electron chi connectivity index (χ2n) is 8.55. The van der Waals surface area contributed by atoms with Crippen molar-refractivity contribution in [1.82, 2.24) is 25.9 Å². The lowest BCUT2D eigenvalue weighted by Gasteiger charge is -2.23. The van der Waals surface area contributed by atoms with Gasteiger partial charge in [0.2, 0.25) is 17.7 Å². The summed E-state index contributed by atoms with van der Waals surface area (Å²) in [5, 5.41) is 17.0. The molecule has 2 aromatic rings. The highest BCUT2D eigenvalue weighted by molar-refractivity contribution is 5.94. The van der Waals surface area contributed by atoms with Gasteiger partial charge in [0.1, 0.15) is 18.1 Å². The first-order chi connectivity index (χ1) is 17.2. The Bertz CT molecular complexity index is 984. The number of unbranched alkanes of at least 4 members (excludes halogenated alkanes) is 1. The van der Waals surface area contributed by atoms with E-state index >= 15 is 0 Å². The largest absolute Gasteiger partial charge is 0.480 e. The van der Waals surface area contributed by atoms with Crippen LogP contribution in [-0.2, 0) is 32.0 Å². The highest BCUT2D eigenvalue weighted by Crippen LogP contribution is 2.05. The molecule has 0 saturated heterocycles. The van der Waals surface area contributed by atoms with Crippen molar-refractivity contribution >= 4 is 23.7 Å². The van der Waals surface area contributed by atoms with Gasteiger partial charge in [-0.3, -0.25) is 14.4 Å². The van der Waals surface area contributed by atoms with E-state index in [-0.39, 0.29) is 19.3 Å². The summed E-state index contributed by atoms with van der Waals surface area (Å²) in [5.41, 5.74) is 13.0. The van der Waals surface area contributed by atoms with Gasteiger partial charge in [0.25, 0.3) is 0 Å². The zero-order valence-electron chi connectivity index (χ0n) is 20.3. The van der Waals surface area contributed by atoms with Gasteiger partial charge in [-0.25, -0.2) is 9.78 Å². The van der Waals surface area contributed by atoms with Crippen molar-refractivity contribution in [2.75, 3.05) is 6.54 Å². The lowest BCUT2D eigenvalue weighted by atomic mass is 10.0. The first kappa shape index (κ1) is 28.5. The van der Waals surface area contributed by atoms with Crippen molar-refractivity contribution < 1.29 is 24.3 Å². The summed E-state index contributed by atoms with van der Waals surface area (Å²) in [5.74, 6) is -2.98. The van der Waals surface area contributed by atoms with Crippen LogP contribution in [0.5, 0.6) is 0 Å². The van der Waals surface area contributed by atoms with Gasteiger partial charge in [-0.15, -0.1) is 0 Å². The monoisotopic (exact) mass is 501 g/mol. The number of nitrogens with zero attached hydrogens (tertiary/aromatic N) is 1. The van der Waals surface area contributed by atoms with Crippen LogP contribution in [0.3, 0.4) is 0 Å². The molecule has 0 aliphatic carbocycles. The molecule has 3 amide bonds. The van der Waals surface area contributed by atoms with Gasteiger partial charge in [0.15, 0.2) is 0 Å². The van der Waals surface area contributed by atoms with E-state index in [2.05, 4.69) is 25.9 Å². The smallest absolute Gasteiger partial charge is 0.326 e. The molecule has 36 heavy (non-hydrogen) atoms. The second kappa shape index (κ2) is 14.6. The summed E-state index contributed by atoms with van der Waals surface area (Å²) < 4.78 is 0. The molecule has 1 aromatic heterocycles. The maximum Gasteiger partial charge on any atom is 0.326 e. The zero-order valence-corrected chi connectivity index (χ0v) is 20.3. The van der Waals surface area contributed by atoms with E-state index in [0.717, 1.165) is 5.56 Å². The molecule has 0 aliphatic heterocycles. The van der Waals surface area contributed by atoms with E-state index in [1.807, 2.05) is 30.3 Å². The van der Waals surface area contributed by atoms with E-state index in [1.165, 1.54) is 19.4 Å². The highest BCUT2D eigenvalue weighted by atomic mass is 16.4. The average molecular weight is 502 g/mol. The van der Waals surface area contributed by atoms with Gasteiger partial charge >= 0.3 is 5.97 Å². The number of H-pyrrole nitrogens is 1. The van der Waals surface area contributed by atoms with Crippen molar-refractivity contribution in [1.29, 1.82) is 0 Å². The SMILES string of the molecule is CC(NC(=O)C(Cc1cnc[nH]1)NC(=O)C(N)Cc1ccccc1)C(=O)NC(CCCCN)C(=O)O. The number of imidazole rings is 1. The molecule has 12 heteroatoms. The molecule has 1 heterocycles. The Kier molecular flexibility index (Phi) is 11.5. The molecule has 4 atom stereocenters. The number of hydrogen-bond donors (Lipinski definition) is 7. The van der Waals surface area contributed by atoms with Gasteiger partial charge in [-0.2, -0.15) is 0 Å². The van der Waals surface area contributed by atoms with Crippen LogP contribution < -0.4 is 27.4 Å². The summed E-state index contributed by atoms with van der Waals surface area (Å²) in [6.07, 6.45) is 4.72. The molecule has 12 nitrogen and oxygen atoms in total. The molecule has 1 aromatic carbocycles. The van der Waals surface area contributed by atoms with E-state index in [4.69, 9.17) is 11.5 Å². The standard InChI is InChI=1S/C24H35N7O5/c1-15(21(32)30-19(24(35)36)9-5-6-10-25)29-23(34)20(12-17-13-27-14-28-17)31-22(33)18(26)11-16-7-3-2-4-8-16/h2-4,7-8,13-15,18-20H,5-6,9-12,25-26H2,1H3,(H,27,28)(H,29,34)(H,30,32)(H,31,33)(H,35,36). The molecular weight excluding hydrogens is 466 g/mol. The number of carboxylic acids is 1. The Morgan fingerprint density at radius 2 is 1.67 bits per heavy atom. The Hall–Kier alpha value is -3.77. The van der Waals surface area contributed by atoms with Crippen molar-refractivity contribution in [3.63, 3.8) is 0 Å². The van der Waals surface area contributed by atoms with Crippen LogP contribution in [0.2, 0.25) is 0 Å². The van der Waals surface area contributed by atoms with Crippen LogP contribution in [0.15, 0.2) is 42.9 Å². The molecule has 0 bridgehead atoms. The number of carbonyl (C=O) groups excluding carboxylic acids is 3. The second-order valence-corrected chi connectivity index (χ2v) is 8.55. The van der Waals surface area contributed by atoms with E-state index in [0.29, 0.717) is 25.1 Å². The van der Waals surface area contributed by atoms with Gasteiger partial charge in [0.05, 0.1) is 12.4 Å². The van der Waals surface area contributed by atoms with Gasteiger partial charge in [0, 0.05) is 18.3 Å². The topological polar surface area (TPSA) is 205 Å². The van der Waals surface area contributed by atoms with Gasteiger partial charge < -0.3 is 37.5 Å². The molecular formula is C24H35N7O5. The van der Waals surface area contributed by atoms with Crippen LogP contribution in [-0.4, -0.2) is 69.5 Å². The quantitative estimate of drug-likeness (QED) is 0.154. The van der Waals surface area contributed by atoms with E-state index in [9.17, 15) is 24.3 Å².